The molecule has 0 fully saturated rings. The van der Waals surface area contributed by atoms with Gasteiger partial charge in [-0.15, -0.1) is 0 Å². The average molecular weight is 746 g/mol. The molecule has 7 aromatic carbocycles. The second kappa shape index (κ2) is 13.1. The molecule has 0 saturated heterocycles. The number of nitrogens with zero attached hydrogens (tertiary/aromatic N) is 3. The Hall–Kier alpha value is -6.84. The monoisotopic (exact) mass is 745 g/mol. The van der Waals surface area contributed by atoms with Crippen LogP contribution in [0.4, 0.5) is 45.5 Å². The van der Waals surface area contributed by atoms with E-state index < -0.39 is 0 Å². The summed E-state index contributed by atoms with van der Waals surface area (Å²) in [5.41, 5.74) is 19.1. The first-order valence-electron chi connectivity index (χ1n) is 20.9. The minimum atomic E-state index is -0.344. The minimum absolute atomic E-state index is 0.271. The van der Waals surface area contributed by atoms with Crippen LogP contribution in [0, 0.1) is 5.92 Å². The van der Waals surface area contributed by atoms with E-state index in [1.54, 1.807) is 0 Å². The molecule has 278 valence electrons. The molecule has 3 heteroatoms. The lowest BCUT2D eigenvalue weighted by Crippen LogP contribution is -2.33. The zero-order valence-electron chi connectivity index (χ0n) is 32.4. The highest BCUT2D eigenvalue weighted by molar-refractivity contribution is 6.02. The first kappa shape index (κ1) is 33.3. The summed E-state index contributed by atoms with van der Waals surface area (Å²) in [6.45, 7) is 0. The maximum atomic E-state index is 2.59. The molecule has 0 aromatic heterocycles. The number of anilines is 8. The van der Waals surface area contributed by atoms with Crippen LogP contribution in [0.1, 0.15) is 53.9 Å². The predicted molar refractivity (Wildman–Crippen MR) is 241 cm³/mol. The molecule has 0 bridgehead atoms. The summed E-state index contributed by atoms with van der Waals surface area (Å²) < 4.78 is 0. The van der Waals surface area contributed by atoms with E-state index in [0.717, 1.165) is 31.4 Å². The SMILES string of the molecule is C1=CCCC(N(c2ccccc2)c2ccc3c(c2)C2(c4ccccc4-3)c3cccc(N4c5ccccc5N(c5ccccc5)c5ccccc54)c3C3CCC=CC32)=C1. The molecule has 1 heterocycles. The number of hydrogen-bond acceptors (Lipinski definition) is 3. The van der Waals surface area contributed by atoms with Gasteiger partial charge in [0.25, 0.3) is 0 Å². The minimum Gasteiger partial charge on any atom is -0.314 e. The van der Waals surface area contributed by atoms with Crippen molar-refractivity contribution in [2.24, 2.45) is 5.92 Å². The fraction of sp³-hybridized carbons (Fsp3) is 0.127. The van der Waals surface area contributed by atoms with Crippen molar-refractivity contribution in [1.29, 1.82) is 0 Å². The number of benzene rings is 7. The molecule has 3 unspecified atom stereocenters. The average Bonchev–Trinajstić information content (AvgIpc) is 3.77. The van der Waals surface area contributed by atoms with E-state index in [4.69, 9.17) is 0 Å². The van der Waals surface area contributed by atoms with Crippen LogP contribution in [0.3, 0.4) is 0 Å². The van der Waals surface area contributed by atoms with Crippen LogP contribution in [-0.2, 0) is 5.41 Å². The maximum absolute atomic E-state index is 2.59. The van der Waals surface area contributed by atoms with E-state index in [1.807, 2.05) is 0 Å². The molecule has 58 heavy (non-hydrogen) atoms. The van der Waals surface area contributed by atoms with E-state index in [-0.39, 0.29) is 11.3 Å². The quantitative estimate of drug-likeness (QED) is 0.162. The second-order valence-electron chi connectivity index (χ2n) is 16.2. The van der Waals surface area contributed by atoms with Crippen LogP contribution in [0.5, 0.6) is 0 Å². The summed E-state index contributed by atoms with van der Waals surface area (Å²) in [5, 5.41) is 0. The van der Waals surface area contributed by atoms with Gasteiger partial charge < -0.3 is 14.7 Å². The Bertz CT molecular complexity index is 2790. The number of fused-ring (bicyclic) bond motifs is 12. The molecule has 12 rings (SSSR count). The zero-order chi connectivity index (χ0) is 38.2. The highest BCUT2D eigenvalue weighted by Gasteiger charge is 2.58. The van der Waals surface area contributed by atoms with Crippen LogP contribution in [0.2, 0.25) is 0 Å². The lowest BCUT2D eigenvalue weighted by molar-refractivity contribution is 0.399. The van der Waals surface area contributed by atoms with Crippen molar-refractivity contribution in [2.75, 3.05) is 14.7 Å². The van der Waals surface area contributed by atoms with Gasteiger partial charge in [-0.2, -0.15) is 0 Å². The Morgan fingerprint density at radius 1 is 0.500 bits per heavy atom. The van der Waals surface area contributed by atoms with Crippen LogP contribution in [-0.4, -0.2) is 0 Å². The van der Waals surface area contributed by atoms with Crippen LogP contribution < -0.4 is 14.7 Å². The third-order valence-corrected chi connectivity index (χ3v) is 13.4. The molecule has 3 nitrogen and oxygen atoms in total. The van der Waals surface area contributed by atoms with Crippen molar-refractivity contribution in [3.05, 3.63) is 228 Å². The molecular formula is C55H43N3. The van der Waals surface area contributed by atoms with Gasteiger partial charge in [0, 0.05) is 28.7 Å². The van der Waals surface area contributed by atoms with Gasteiger partial charge in [-0.1, -0.05) is 127 Å². The smallest absolute Gasteiger partial charge is 0.0703 e. The first-order valence-corrected chi connectivity index (χ1v) is 20.9. The largest absolute Gasteiger partial charge is 0.314 e. The van der Waals surface area contributed by atoms with Gasteiger partial charge in [0.15, 0.2) is 0 Å². The molecule has 5 aliphatic rings. The number of para-hydroxylation sites is 6. The number of allylic oxidation sites excluding steroid dienone is 6. The van der Waals surface area contributed by atoms with Crippen LogP contribution in [0.15, 0.2) is 206 Å². The predicted octanol–water partition coefficient (Wildman–Crippen LogP) is 14.7. The first-order chi connectivity index (χ1) is 28.8. The Kier molecular flexibility index (Phi) is 7.53. The second-order valence-corrected chi connectivity index (χ2v) is 16.2. The highest BCUT2D eigenvalue weighted by Crippen LogP contribution is 2.68. The number of rotatable bonds is 5. The lowest BCUT2D eigenvalue weighted by Gasteiger charge is -2.41. The molecule has 0 N–H and O–H groups in total. The van der Waals surface area contributed by atoms with Crippen molar-refractivity contribution in [3.63, 3.8) is 0 Å². The number of hydrogen-bond donors (Lipinski definition) is 0. The van der Waals surface area contributed by atoms with Crippen LogP contribution >= 0.6 is 0 Å². The topological polar surface area (TPSA) is 9.72 Å². The Balaban J connectivity index is 1.11. The molecule has 1 spiro atoms. The Morgan fingerprint density at radius 3 is 1.88 bits per heavy atom. The molecule has 0 saturated carbocycles. The summed E-state index contributed by atoms with van der Waals surface area (Å²) in [4.78, 5) is 7.51. The summed E-state index contributed by atoms with van der Waals surface area (Å²) in [6.07, 6.45) is 16.1. The normalized spacial score (nSPS) is 20.4. The molecule has 4 aliphatic carbocycles. The van der Waals surface area contributed by atoms with Crippen molar-refractivity contribution in [3.8, 4) is 11.1 Å². The Labute approximate surface area is 341 Å². The van der Waals surface area contributed by atoms with Crippen molar-refractivity contribution in [2.45, 2.75) is 37.0 Å². The summed E-state index contributed by atoms with van der Waals surface area (Å²) in [6, 6.07) is 63.5. The van der Waals surface area contributed by atoms with Gasteiger partial charge >= 0.3 is 0 Å². The molecule has 3 atom stereocenters. The molecule has 7 aromatic rings. The fourth-order valence-electron chi connectivity index (χ4n) is 11.2. The van der Waals surface area contributed by atoms with Crippen LogP contribution in [0.25, 0.3) is 11.1 Å². The van der Waals surface area contributed by atoms with E-state index in [2.05, 4.69) is 215 Å². The maximum Gasteiger partial charge on any atom is 0.0703 e. The van der Waals surface area contributed by atoms with E-state index in [9.17, 15) is 0 Å². The van der Waals surface area contributed by atoms with Gasteiger partial charge in [-0.25, -0.2) is 0 Å². The van der Waals surface area contributed by atoms with Gasteiger partial charge in [0.05, 0.1) is 33.9 Å². The fourth-order valence-corrected chi connectivity index (χ4v) is 11.2. The lowest BCUT2D eigenvalue weighted by atomic mass is 9.64. The summed E-state index contributed by atoms with van der Waals surface area (Å²) in [7, 11) is 0. The molecule has 0 amide bonds. The van der Waals surface area contributed by atoms with Crippen molar-refractivity contribution in [1.82, 2.24) is 0 Å². The molecular weight excluding hydrogens is 703 g/mol. The third-order valence-electron chi connectivity index (χ3n) is 13.4. The van der Waals surface area contributed by atoms with Gasteiger partial charge in [0.1, 0.15) is 0 Å². The Morgan fingerprint density at radius 2 is 1.14 bits per heavy atom. The van der Waals surface area contributed by atoms with Crippen molar-refractivity contribution >= 4 is 45.5 Å². The molecule has 0 radical (unpaired) electrons. The third kappa shape index (κ3) is 4.68. The summed E-state index contributed by atoms with van der Waals surface area (Å²) >= 11 is 0. The molecule has 1 aliphatic heterocycles. The van der Waals surface area contributed by atoms with Gasteiger partial charge in [0.2, 0.25) is 0 Å². The highest BCUT2D eigenvalue weighted by atomic mass is 15.3. The standard InChI is InChI=1S/C55H43N3/c1-4-19-38(20-5-1)56(39-21-6-2-7-22-39)41-35-36-43-42-25-10-12-27-45(42)55(48(43)37-41)46-28-13-11-26-44(46)54-47(55)29-18-34-53(54)58-51-32-16-14-30-49(51)57(40-23-8-3-9-24-40)50-31-15-17-33-52(50)58/h1-6,8-10,12-21,23-25,27-37,44,46H,7,11,22,26H2. The van der Waals surface area contributed by atoms with E-state index in [0.29, 0.717) is 5.92 Å². The van der Waals surface area contributed by atoms with E-state index >= 15 is 0 Å². The zero-order valence-corrected chi connectivity index (χ0v) is 32.4. The van der Waals surface area contributed by atoms with Gasteiger partial charge in [-0.05, 0) is 138 Å². The van der Waals surface area contributed by atoms with E-state index in [1.165, 1.54) is 78.9 Å². The summed E-state index contributed by atoms with van der Waals surface area (Å²) in [5.74, 6) is 0.620. The van der Waals surface area contributed by atoms with Crippen molar-refractivity contribution < 1.29 is 0 Å². The van der Waals surface area contributed by atoms with Gasteiger partial charge in [-0.3, -0.25) is 0 Å².